The van der Waals surface area contributed by atoms with Crippen molar-refractivity contribution in [3.05, 3.63) is 58.2 Å². The summed E-state index contributed by atoms with van der Waals surface area (Å²) in [6, 6.07) is 0. The standard InChI is InChI=1S/C20H26O/c1-15(12-13-21)8-7-9-16(2)19-14-17-10-5-6-11-18(17)20(19,3)4/h7-9,12-14H,5-6,10-11H2,1-4H3/b8-7+,15-12+,16-9-. The van der Waals surface area contributed by atoms with Gasteiger partial charge < -0.3 is 0 Å². The molecule has 0 unspecified atom stereocenters. The zero-order valence-electron chi connectivity index (χ0n) is 13.7. The molecule has 0 spiro atoms. The molecule has 0 saturated carbocycles. The molecule has 0 N–H and O–H groups in total. The molecule has 0 radical (unpaired) electrons. The highest BCUT2D eigenvalue weighted by molar-refractivity contribution is 5.67. The summed E-state index contributed by atoms with van der Waals surface area (Å²) >= 11 is 0. The van der Waals surface area contributed by atoms with E-state index in [0.29, 0.717) is 0 Å². The third-order valence-corrected chi connectivity index (χ3v) is 4.72. The monoisotopic (exact) mass is 282 g/mol. The third kappa shape index (κ3) is 3.34. The SMILES string of the molecule is C/C(=C/C=C/C(C)=C/C=O)C1=CC2=C(CCCC2)C1(C)C. The van der Waals surface area contributed by atoms with Crippen LogP contribution in [-0.2, 0) is 4.79 Å². The number of allylic oxidation sites excluding steroid dienone is 10. The molecule has 0 aliphatic heterocycles. The molecule has 2 aliphatic carbocycles. The largest absolute Gasteiger partial charge is 0.299 e. The van der Waals surface area contributed by atoms with Gasteiger partial charge in [-0.1, -0.05) is 43.7 Å². The van der Waals surface area contributed by atoms with Crippen LogP contribution in [-0.4, -0.2) is 6.29 Å². The summed E-state index contributed by atoms with van der Waals surface area (Å²) in [5, 5.41) is 0. The highest BCUT2D eigenvalue weighted by Gasteiger charge is 2.35. The van der Waals surface area contributed by atoms with E-state index in [1.54, 1.807) is 17.2 Å². The van der Waals surface area contributed by atoms with Gasteiger partial charge in [0.25, 0.3) is 0 Å². The van der Waals surface area contributed by atoms with E-state index in [-0.39, 0.29) is 5.41 Å². The molecular weight excluding hydrogens is 256 g/mol. The molecule has 2 aliphatic rings. The molecule has 0 fully saturated rings. The van der Waals surface area contributed by atoms with Crippen molar-refractivity contribution < 1.29 is 4.79 Å². The topological polar surface area (TPSA) is 17.1 Å². The van der Waals surface area contributed by atoms with E-state index in [2.05, 4.69) is 32.9 Å². The second kappa shape index (κ2) is 6.43. The Morgan fingerprint density at radius 2 is 1.86 bits per heavy atom. The van der Waals surface area contributed by atoms with Crippen LogP contribution in [0.2, 0.25) is 0 Å². The van der Waals surface area contributed by atoms with Crippen molar-refractivity contribution >= 4 is 6.29 Å². The maximum atomic E-state index is 10.4. The Hall–Kier alpha value is -1.63. The Labute approximate surface area is 128 Å². The van der Waals surface area contributed by atoms with Gasteiger partial charge in [-0.25, -0.2) is 0 Å². The van der Waals surface area contributed by atoms with Gasteiger partial charge in [-0.15, -0.1) is 0 Å². The Morgan fingerprint density at radius 3 is 2.52 bits per heavy atom. The van der Waals surface area contributed by atoms with Gasteiger partial charge >= 0.3 is 0 Å². The van der Waals surface area contributed by atoms with Gasteiger partial charge in [0, 0.05) is 5.41 Å². The number of carbonyl (C=O) groups excluding carboxylic acids is 1. The fraction of sp³-hybridized carbons (Fsp3) is 0.450. The molecule has 0 bridgehead atoms. The molecule has 0 saturated heterocycles. The van der Waals surface area contributed by atoms with E-state index in [1.165, 1.54) is 36.8 Å². The number of hydrogen-bond acceptors (Lipinski definition) is 1. The molecule has 112 valence electrons. The number of aldehydes is 1. The van der Waals surface area contributed by atoms with Crippen molar-refractivity contribution in [2.24, 2.45) is 5.41 Å². The van der Waals surface area contributed by atoms with Gasteiger partial charge in [0.1, 0.15) is 6.29 Å². The van der Waals surface area contributed by atoms with E-state index < -0.39 is 0 Å². The van der Waals surface area contributed by atoms with Crippen LogP contribution in [0.3, 0.4) is 0 Å². The van der Waals surface area contributed by atoms with Gasteiger partial charge in [0.2, 0.25) is 0 Å². The Kier molecular flexibility index (Phi) is 4.82. The Balaban J connectivity index is 2.19. The number of rotatable bonds is 4. The average Bonchev–Trinajstić information content (AvgIpc) is 2.71. The van der Waals surface area contributed by atoms with Crippen LogP contribution in [0, 0.1) is 5.41 Å². The number of carbonyl (C=O) groups is 1. The Morgan fingerprint density at radius 1 is 1.14 bits per heavy atom. The van der Waals surface area contributed by atoms with Crippen LogP contribution in [0.5, 0.6) is 0 Å². The van der Waals surface area contributed by atoms with Gasteiger partial charge in [-0.2, -0.15) is 0 Å². The molecule has 2 rings (SSSR count). The second-order valence-corrected chi connectivity index (χ2v) is 6.65. The lowest BCUT2D eigenvalue weighted by molar-refractivity contribution is -0.104. The third-order valence-electron chi connectivity index (χ3n) is 4.72. The minimum atomic E-state index is 0.178. The zero-order valence-corrected chi connectivity index (χ0v) is 13.7. The summed E-state index contributed by atoms with van der Waals surface area (Å²) in [5.41, 5.74) is 7.16. The first-order valence-electron chi connectivity index (χ1n) is 7.89. The summed E-state index contributed by atoms with van der Waals surface area (Å²) in [7, 11) is 0. The summed E-state index contributed by atoms with van der Waals surface area (Å²) in [6.07, 6.45) is 16.2. The predicted molar refractivity (Wildman–Crippen MR) is 90.1 cm³/mol. The van der Waals surface area contributed by atoms with Gasteiger partial charge in [0.05, 0.1) is 0 Å². The first kappa shape index (κ1) is 15.8. The molecular formula is C20H26O. The molecule has 0 aromatic rings. The summed E-state index contributed by atoms with van der Waals surface area (Å²) in [5.74, 6) is 0. The van der Waals surface area contributed by atoms with Gasteiger partial charge in [-0.05, 0) is 67.9 Å². The molecule has 21 heavy (non-hydrogen) atoms. The lowest BCUT2D eigenvalue weighted by atomic mass is 9.74. The van der Waals surface area contributed by atoms with Crippen LogP contribution in [0.1, 0.15) is 53.4 Å². The molecule has 0 heterocycles. The average molecular weight is 282 g/mol. The van der Waals surface area contributed by atoms with Gasteiger partial charge in [-0.3, -0.25) is 4.79 Å². The smallest absolute Gasteiger partial charge is 0.143 e. The van der Waals surface area contributed by atoms with Crippen molar-refractivity contribution in [2.75, 3.05) is 0 Å². The second-order valence-electron chi connectivity index (χ2n) is 6.65. The molecule has 1 nitrogen and oxygen atoms in total. The van der Waals surface area contributed by atoms with E-state index in [0.717, 1.165) is 11.9 Å². The molecule has 0 atom stereocenters. The predicted octanol–water partition coefficient (Wildman–Crippen LogP) is 5.47. The molecule has 0 aromatic carbocycles. The summed E-state index contributed by atoms with van der Waals surface area (Å²) in [4.78, 5) is 10.4. The maximum absolute atomic E-state index is 10.4. The van der Waals surface area contributed by atoms with Crippen molar-refractivity contribution in [1.82, 2.24) is 0 Å². The zero-order chi connectivity index (χ0) is 15.5. The minimum absolute atomic E-state index is 0.178. The lowest BCUT2D eigenvalue weighted by Gasteiger charge is -2.30. The quantitative estimate of drug-likeness (QED) is 0.379. The van der Waals surface area contributed by atoms with E-state index in [9.17, 15) is 4.79 Å². The highest BCUT2D eigenvalue weighted by atomic mass is 16.1. The highest BCUT2D eigenvalue weighted by Crippen LogP contribution is 2.50. The van der Waals surface area contributed by atoms with Crippen molar-refractivity contribution in [1.29, 1.82) is 0 Å². The van der Waals surface area contributed by atoms with Crippen LogP contribution >= 0.6 is 0 Å². The fourth-order valence-electron chi connectivity index (χ4n) is 3.52. The molecule has 0 amide bonds. The molecule has 1 heteroatoms. The minimum Gasteiger partial charge on any atom is -0.299 e. The van der Waals surface area contributed by atoms with Crippen LogP contribution < -0.4 is 0 Å². The van der Waals surface area contributed by atoms with Crippen LogP contribution in [0.25, 0.3) is 0 Å². The van der Waals surface area contributed by atoms with E-state index >= 15 is 0 Å². The summed E-state index contributed by atoms with van der Waals surface area (Å²) < 4.78 is 0. The van der Waals surface area contributed by atoms with E-state index in [4.69, 9.17) is 0 Å². The van der Waals surface area contributed by atoms with Crippen molar-refractivity contribution in [3.8, 4) is 0 Å². The lowest BCUT2D eigenvalue weighted by Crippen LogP contribution is -2.17. The summed E-state index contributed by atoms with van der Waals surface area (Å²) in [6.45, 7) is 8.83. The van der Waals surface area contributed by atoms with Crippen molar-refractivity contribution in [2.45, 2.75) is 53.4 Å². The van der Waals surface area contributed by atoms with Crippen LogP contribution in [0.4, 0.5) is 0 Å². The normalized spacial score (nSPS) is 22.6. The number of hydrogen-bond donors (Lipinski definition) is 0. The maximum Gasteiger partial charge on any atom is 0.143 e. The first-order valence-corrected chi connectivity index (χ1v) is 7.89. The van der Waals surface area contributed by atoms with Crippen molar-refractivity contribution in [3.63, 3.8) is 0 Å². The Bertz CT molecular complexity index is 577. The fourth-order valence-corrected chi connectivity index (χ4v) is 3.52. The van der Waals surface area contributed by atoms with Crippen LogP contribution in [0.15, 0.2) is 58.2 Å². The molecule has 0 aromatic heterocycles. The van der Waals surface area contributed by atoms with Gasteiger partial charge in [0.15, 0.2) is 0 Å². The van der Waals surface area contributed by atoms with E-state index in [1.807, 2.05) is 19.1 Å². The first-order chi connectivity index (χ1) is 9.96.